The maximum absolute atomic E-state index is 5.84. The van der Waals surface area contributed by atoms with Crippen molar-refractivity contribution in [1.29, 1.82) is 0 Å². The zero-order valence-electron chi connectivity index (χ0n) is 12.6. The highest BCUT2D eigenvalue weighted by molar-refractivity contribution is 5.46. The van der Waals surface area contributed by atoms with Crippen LogP contribution in [0.3, 0.4) is 0 Å². The summed E-state index contributed by atoms with van der Waals surface area (Å²) in [6.45, 7) is 8.01. The molecule has 4 nitrogen and oxygen atoms in total. The Morgan fingerprint density at radius 3 is 2.42 bits per heavy atom. The maximum atomic E-state index is 5.84. The van der Waals surface area contributed by atoms with Crippen LogP contribution in [0.5, 0.6) is 0 Å². The minimum atomic E-state index is -0.0189. The molecule has 0 aliphatic carbocycles. The molecule has 1 aromatic rings. The molecule has 1 unspecified atom stereocenters. The first-order chi connectivity index (χ1) is 9.13. The number of ether oxygens (including phenoxy) is 1. The lowest BCUT2D eigenvalue weighted by Crippen LogP contribution is -2.37. The molecule has 0 aromatic carbocycles. The van der Waals surface area contributed by atoms with Gasteiger partial charge in [0.05, 0.1) is 24.2 Å². The summed E-state index contributed by atoms with van der Waals surface area (Å²) in [7, 11) is 1.74. The normalized spacial score (nSPS) is 12.7. The predicted molar refractivity (Wildman–Crippen MR) is 80.4 cm³/mol. The molecule has 1 heterocycles. The van der Waals surface area contributed by atoms with Crippen LogP contribution in [0.1, 0.15) is 45.3 Å². The van der Waals surface area contributed by atoms with E-state index in [1.165, 1.54) is 0 Å². The van der Waals surface area contributed by atoms with E-state index in [9.17, 15) is 0 Å². The Labute approximate surface area is 117 Å². The molecule has 0 amide bonds. The van der Waals surface area contributed by atoms with Crippen LogP contribution >= 0.6 is 0 Å². The van der Waals surface area contributed by atoms with Crippen LogP contribution in [0, 0.1) is 0 Å². The lowest BCUT2D eigenvalue weighted by molar-refractivity contribution is 0.202. The van der Waals surface area contributed by atoms with Crippen molar-refractivity contribution in [3.05, 3.63) is 24.0 Å². The predicted octanol–water partition coefficient (Wildman–Crippen LogP) is 2.74. The summed E-state index contributed by atoms with van der Waals surface area (Å²) >= 11 is 0. The van der Waals surface area contributed by atoms with Crippen molar-refractivity contribution in [2.24, 2.45) is 5.73 Å². The standard InChI is InChI=1S/C15H27N3O/c1-5-13(6-2)18(9-10-19-4)14-7-8-15(12(3)16)17-11-14/h7-8,11-13H,5-6,9-10,16H2,1-4H3. The molecule has 1 atom stereocenters. The summed E-state index contributed by atoms with van der Waals surface area (Å²) in [5.74, 6) is 0. The molecule has 0 fully saturated rings. The Morgan fingerprint density at radius 1 is 1.32 bits per heavy atom. The van der Waals surface area contributed by atoms with Gasteiger partial charge in [-0.3, -0.25) is 4.98 Å². The minimum Gasteiger partial charge on any atom is -0.383 e. The third kappa shape index (κ3) is 4.48. The SMILES string of the molecule is CCC(CC)N(CCOC)c1ccc(C(C)N)nc1. The van der Waals surface area contributed by atoms with Crippen LogP contribution in [0.2, 0.25) is 0 Å². The van der Waals surface area contributed by atoms with Crippen LogP contribution in [-0.4, -0.2) is 31.3 Å². The van der Waals surface area contributed by atoms with Crippen molar-refractivity contribution in [1.82, 2.24) is 4.98 Å². The number of hydrogen-bond donors (Lipinski definition) is 1. The van der Waals surface area contributed by atoms with Gasteiger partial charge in [0, 0.05) is 25.7 Å². The number of nitrogens with two attached hydrogens (primary N) is 1. The third-order valence-electron chi connectivity index (χ3n) is 3.49. The molecule has 2 N–H and O–H groups in total. The van der Waals surface area contributed by atoms with Gasteiger partial charge in [-0.25, -0.2) is 0 Å². The molecule has 0 saturated heterocycles. The minimum absolute atomic E-state index is 0.0189. The monoisotopic (exact) mass is 265 g/mol. The molecule has 1 rings (SSSR count). The van der Waals surface area contributed by atoms with Crippen molar-refractivity contribution in [2.45, 2.75) is 45.7 Å². The van der Waals surface area contributed by atoms with Crippen molar-refractivity contribution in [2.75, 3.05) is 25.2 Å². The lowest BCUT2D eigenvalue weighted by Gasteiger charge is -2.32. The summed E-state index contributed by atoms with van der Waals surface area (Å²) in [5.41, 5.74) is 7.91. The van der Waals surface area contributed by atoms with E-state index < -0.39 is 0 Å². The molecular formula is C15H27N3O. The van der Waals surface area contributed by atoms with Gasteiger partial charge in [-0.15, -0.1) is 0 Å². The molecule has 0 radical (unpaired) electrons. The number of pyridine rings is 1. The van der Waals surface area contributed by atoms with Gasteiger partial charge < -0.3 is 15.4 Å². The summed E-state index contributed by atoms with van der Waals surface area (Å²) in [6.07, 6.45) is 4.16. The number of anilines is 1. The number of aromatic nitrogens is 1. The number of hydrogen-bond acceptors (Lipinski definition) is 4. The molecule has 108 valence electrons. The average molecular weight is 265 g/mol. The van der Waals surface area contributed by atoms with E-state index in [2.05, 4.69) is 29.8 Å². The first-order valence-electron chi connectivity index (χ1n) is 7.11. The molecule has 0 saturated carbocycles. The third-order valence-corrected chi connectivity index (χ3v) is 3.49. The van der Waals surface area contributed by atoms with Crippen LogP contribution in [-0.2, 0) is 4.74 Å². The summed E-state index contributed by atoms with van der Waals surface area (Å²) in [5, 5.41) is 0. The number of nitrogens with zero attached hydrogens (tertiary/aromatic N) is 2. The van der Waals surface area contributed by atoms with Gasteiger partial charge in [0.25, 0.3) is 0 Å². The Kier molecular flexibility index (Phi) is 6.81. The van der Waals surface area contributed by atoms with Gasteiger partial charge in [-0.1, -0.05) is 13.8 Å². The highest BCUT2D eigenvalue weighted by atomic mass is 16.5. The molecule has 1 aromatic heterocycles. The summed E-state index contributed by atoms with van der Waals surface area (Å²) < 4.78 is 5.21. The fraction of sp³-hybridized carbons (Fsp3) is 0.667. The zero-order valence-corrected chi connectivity index (χ0v) is 12.6. The van der Waals surface area contributed by atoms with Crippen LogP contribution in [0.4, 0.5) is 5.69 Å². The van der Waals surface area contributed by atoms with Crippen molar-refractivity contribution < 1.29 is 4.74 Å². The lowest BCUT2D eigenvalue weighted by atomic mass is 10.1. The van der Waals surface area contributed by atoms with Crippen molar-refractivity contribution in [3.8, 4) is 0 Å². The van der Waals surface area contributed by atoms with Gasteiger partial charge in [-0.05, 0) is 31.9 Å². The second kappa shape index (κ2) is 8.12. The molecule has 0 bridgehead atoms. The Bertz CT molecular complexity index is 347. The molecule has 0 aliphatic heterocycles. The molecule has 19 heavy (non-hydrogen) atoms. The van der Waals surface area contributed by atoms with E-state index in [0.717, 1.165) is 37.4 Å². The van der Waals surface area contributed by atoms with Crippen LogP contribution in [0.25, 0.3) is 0 Å². The number of methoxy groups -OCH3 is 1. The zero-order chi connectivity index (χ0) is 14.3. The average Bonchev–Trinajstić information content (AvgIpc) is 2.43. The second-order valence-corrected chi connectivity index (χ2v) is 4.89. The van der Waals surface area contributed by atoms with Gasteiger partial charge in [0.2, 0.25) is 0 Å². The second-order valence-electron chi connectivity index (χ2n) is 4.89. The quantitative estimate of drug-likeness (QED) is 0.785. The molecule has 0 spiro atoms. The molecule has 4 heteroatoms. The first-order valence-corrected chi connectivity index (χ1v) is 7.11. The van der Waals surface area contributed by atoms with E-state index >= 15 is 0 Å². The van der Waals surface area contributed by atoms with E-state index in [-0.39, 0.29) is 6.04 Å². The molecule has 0 aliphatic rings. The Balaban J connectivity index is 2.89. The topological polar surface area (TPSA) is 51.4 Å². The van der Waals surface area contributed by atoms with Crippen LogP contribution in [0.15, 0.2) is 18.3 Å². The van der Waals surface area contributed by atoms with E-state index in [4.69, 9.17) is 10.5 Å². The van der Waals surface area contributed by atoms with Crippen LogP contribution < -0.4 is 10.6 Å². The van der Waals surface area contributed by atoms with E-state index in [1.807, 2.05) is 19.2 Å². The Hall–Kier alpha value is -1.13. The Morgan fingerprint density at radius 2 is 2.00 bits per heavy atom. The van der Waals surface area contributed by atoms with Crippen molar-refractivity contribution >= 4 is 5.69 Å². The van der Waals surface area contributed by atoms with Gasteiger partial charge >= 0.3 is 0 Å². The highest BCUT2D eigenvalue weighted by Crippen LogP contribution is 2.20. The van der Waals surface area contributed by atoms with Gasteiger partial charge in [0.1, 0.15) is 0 Å². The van der Waals surface area contributed by atoms with Crippen molar-refractivity contribution in [3.63, 3.8) is 0 Å². The van der Waals surface area contributed by atoms with E-state index in [0.29, 0.717) is 6.04 Å². The number of rotatable bonds is 8. The smallest absolute Gasteiger partial charge is 0.0637 e. The summed E-state index contributed by atoms with van der Waals surface area (Å²) in [6, 6.07) is 4.63. The first kappa shape index (κ1) is 15.9. The maximum Gasteiger partial charge on any atom is 0.0637 e. The summed E-state index contributed by atoms with van der Waals surface area (Å²) in [4.78, 5) is 6.83. The fourth-order valence-electron chi connectivity index (χ4n) is 2.28. The molecular weight excluding hydrogens is 238 g/mol. The van der Waals surface area contributed by atoms with Gasteiger partial charge in [0.15, 0.2) is 0 Å². The van der Waals surface area contributed by atoms with E-state index in [1.54, 1.807) is 7.11 Å². The fourth-order valence-corrected chi connectivity index (χ4v) is 2.28. The largest absolute Gasteiger partial charge is 0.383 e. The highest BCUT2D eigenvalue weighted by Gasteiger charge is 2.16. The van der Waals surface area contributed by atoms with Gasteiger partial charge in [-0.2, -0.15) is 0 Å².